The van der Waals surface area contributed by atoms with Crippen molar-refractivity contribution in [3.05, 3.63) is 0 Å². The second kappa shape index (κ2) is 6.80. The molecule has 0 spiro atoms. The van der Waals surface area contributed by atoms with Crippen LogP contribution < -0.4 is 5.32 Å². The summed E-state index contributed by atoms with van der Waals surface area (Å²) >= 11 is 2.05. The molecular weight excluding hydrogens is 244 g/mol. The Morgan fingerprint density at radius 1 is 1.39 bits per heavy atom. The molecular formula is C14H26N2OS. The molecule has 18 heavy (non-hydrogen) atoms. The summed E-state index contributed by atoms with van der Waals surface area (Å²) in [7, 11) is 1.91. The highest BCUT2D eigenvalue weighted by Gasteiger charge is 2.30. The fraction of sp³-hybridized carbons (Fsp3) is 0.929. The van der Waals surface area contributed by atoms with Crippen molar-refractivity contribution in [3.8, 4) is 0 Å². The molecule has 2 aliphatic rings. The van der Waals surface area contributed by atoms with E-state index >= 15 is 0 Å². The molecule has 3 atom stereocenters. The van der Waals surface area contributed by atoms with Crippen LogP contribution in [-0.4, -0.2) is 48.5 Å². The minimum absolute atomic E-state index is 0.0474. The fourth-order valence-electron chi connectivity index (χ4n) is 3.05. The summed E-state index contributed by atoms with van der Waals surface area (Å²) in [4.78, 5) is 14.6. The number of carbonyl (C=O) groups excluding carboxylic acids is 1. The van der Waals surface area contributed by atoms with E-state index in [1.807, 2.05) is 7.05 Å². The number of rotatable bonds is 3. The lowest BCUT2D eigenvalue weighted by atomic mass is 10.0. The Morgan fingerprint density at radius 2 is 2.22 bits per heavy atom. The quantitative estimate of drug-likeness (QED) is 0.851. The standard InChI is InChI=1S/C14H26N2OS/c1-11-5-6-13(15-2)14(17)16(8-11)9-12-4-3-7-18-10-12/h11-13,15H,3-10H2,1-2H3. The predicted molar refractivity (Wildman–Crippen MR) is 77.9 cm³/mol. The maximum Gasteiger partial charge on any atom is 0.239 e. The van der Waals surface area contributed by atoms with Gasteiger partial charge in [-0.2, -0.15) is 11.8 Å². The lowest BCUT2D eigenvalue weighted by Gasteiger charge is -2.31. The normalized spacial score (nSPS) is 34.4. The molecule has 3 unspecified atom stereocenters. The largest absolute Gasteiger partial charge is 0.341 e. The minimum Gasteiger partial charge on any atom is -0.341 e. The number of hydrogen-bond acceptors (Lipinski definition) is 3. The Kier molecular flexibility index (Phi) is 5.37. The van der Waals surface area contributed by atoms with Crippen LogP contribution in [0.15, 0.2) is 0 Å². The number of likely N-dealkylation sites (N-methyl/N-ethyl adjacent to an activating group) is 1. The first-order chi connectivity index (χ1) is 8.70. The molecule has 1 amide bonds. The summed E-state index contributed by atoms with van der Waals surface area (Å²) in [5.41, 5.74) is 0. The second-order valence-corrected chi connectivity index (χ2v) is 7.00. The van der Waals surface area contributed by atoms with Crippen molar-refractivity contribution < 1.29 is 4.79 Å². The first-order valence-electron chi connectivity index (χ1n) is 7.24. The number of carbonyl (C=O) groups is 1. The van der Waals surface area contributed by atoms with Crippen LogP contribution in [0.5, 0.6) is 0 Å². The fourth-order valence-corrected chi connectivity index (χ4v) is 4.19. The van der Waals surface area contributed by atoms with Crippen molar-refractivity contribution in [2.24, 2.45) is 11.8 Å². The van der Waals surface area contributed by atoms with E-state index in [9.17, 15) is 4.79 Å². The minimum atomic E-state index is 0.0474. The highest BCUT2D eigenvalue weighted by Crippen LogP contribution is 2.25. The van der Waals surface area contributed by atoms with Gasteiger partial charge in [-0.25, -0.2) is 0 Å². The molecule has 4 heteroatoms. The van der Waals surface area contributed by atoms with Crippen LogP contribution in [-0.2, 0) is 4.79 Å². The van der Waals surface area contributed by atoms with E-state index in [4.69, 9.17) is 0 Å². The molecule has 2 rings (SSSR count). The van der Waals surface area contributed by atoms with Crippen LogP contribution in [0.25, 0.3) is 0 Å². The zero-order valence-electron chi connectivity index (χ0n) is 11.7. The van der Waals surface area contributed by atoms with Crippen LogP contribution in [0, 0.1) is 11.8 Å². The van der Waals surface area contributed by atoms with Crippen molar-refractivity contribution in [1.82, 2.24) is 10.2 Å². The molecule has 0 aromatic carbocycles. The average Bonchev–Trinajstić information content (AvgIpc) is 2.51. The Bertz CT molecular complexity index is 279. The molecule has 2 heterocycles. The van der Waals surface area contributed by atoms with Gasteiger partial charge >= 0.3 is 0 Å². The Hall–Kier alpha value is -0.220. The van der Waals surface area contributed by atoms with Gasteiger partial charge in [-0.05, 0) is 56.1 Å². The first-order valence-corrected chi connectivity index (χ1v) is 8.40. The summed E-state index contributed by atoms with van der Waals surface area (Å²) in [6.45, 7) is 4.21. The molecule has 0 radical (unpaired) electrons. The van der Waals surface area contributed by atoms with Crippen molar-refractivity contribution in [3.63, 3.8) is 0 Å². The SMILES string of the molecule is CNC1CCC(C)CN(CC2CCCSC2)C1=O. The molecule has 1 N–H and O–H groups in total. The van der Waals surface area contributed by atoms with Gasteiger partial charge in [0.2, 0.25) is 5.91 Å². The number of amides is 1. The van der Waals surface area contributed by atoms with Crippen molar-refractivity contribution >= 4 is 17.7 Å². The van der Waals surface area contributed by atoms with E-state index in [1.54, 1.807) is 0 Å². The lowest BCUT2D eigenvalue weighted by Crippen LogP contribution is -2.46. The number of likely N-dealkylation sites (tertiary alicyclic amines) is 1. The lowest BCUT2D eigenvalue weighted by molar-refractivity contribution is -0.133. The molecule has 0 saturated carbocycles. The molecule has 2 fully saturated rings. The van der Waals surface area contributed by atoms with Crippen LogP contribution in [0.3, 0.4) is 0 Å². The molecule has 0 aliphatic carbocycles. The molecule has 3 nitrogen and oxygen atoms in total. The Morgan fingerprint density at radius 3 is 2.89 bits per heavy atom. The third kappa shape index (κ3) is 3.64. The first kappa shape index (κ1) is 14.2. The van der Waals surface area contributed by atoms with Gasteiger partial charge < -0.3 is 10.2 Å². The van der Waals surface area contributed by atoms with E-state index in [0.29, 0.717) is 11.8 Å². The van der Waals surface area contributed by atoms with Crippen LogP contribution in [0.4, 0.5) is 0 Å². The molecule has 0 bridgehead atoms. The third-order valence-corrected chi connectivity index (χ3v) is 5.46. The van der Waals surface area contributed by atoms with Crippen LogP contribution in [0.2, 0.25) is 0 Å². The Labute approximate surface area is 115 Å². The smallest absolute Gasteiger partial charge is 0.239 e. The van der Waals surface area contributed by atoms with E-state index in [-0.39, 0.29) is 6.04 Å². The number of thioether (sulfide) groups is 1. The van der Waals surface area contributed by atoms with Gasteiger partial charge in [0.25, 0.3) is 0 Å². The summed E-state index contributed by atoms with van der Waals surface area (Å²) in [5.74, 6) is 4.24. The topological polar surface area (TPSA) is 32.3 Å². The van der Waals surface area contributed by atoms with E-state index in [1.165, 1.54) is 24.3 Å². The zero-order chi connectivity index (χ0) is 13.0. The van der Waals surface area contributed by atoms with Gasteiger partial charge in [0, 0.05) is 13.1 Å². The number of nitrogens with one attached hydrogen (secondary N) is 1. The van der Waals surface area contributed by atoms with Crippen LogP contribution in [0.1, 0.15) is 32.6 Å². The summed E-state index contributed by atoms with van der Waals surface area (Å²) in [6.07, 6.45) is 4.78. The summed E-state index contributed by atoms with van der Waals surface area (Å²) < 4.78 is 0. The average molecular weight is 270 g/mol. The van der Waals surface area contributed by atoms with Gasteiger partial charge in [-0.1, -0.05) is 6.92 Å². The molecule has 0 aromatic rings. The van der Waals surface area contributed by atoms with Gasteiger partial charge in [-0.15, -0.1) is 0 Å². The maximum absolute atomic E-state index is 12.5. The van der Waals surface area contributed by atoms with Crippen LogP contribution >= 0.6 is 11.8 Å². The monoisotopic (exact) mass is 270 g/mol. The van der Waals surface area contributed by atoms with Crippen molar-refractivity contribution in [2.45, 2.75) is 38.6 Å². The van der Waals surface area contributed by atoms with Gasteiger partial charge in [0.1, 0.15) is 0 Å². The van der Waals surface area contributed by atoms with Gasteiger partial charge in [0.05, 0.1) is 6.04 Å². The number of nitrogens with zero attached hydrogens (tertiary/aromatic N) is 1. The van der Waals surface area contributed by atoms with E-state index < -0.39 is 0 Å². The van der Waals surface area contributed by atoms with Crippen molar-refractivity contribution in [1.29, 1.82) is 0 Å². The number of hydrogen-bond donors (Lipinski definition) is 1. The highest BCUT2D eigenvalue weighted by molar-refractivity contribution is 7.99. The molecule has 2 aliphatic heterocycles. The summed E-state index contributed by atoms with van der Waals surface area (Å²) in [5, 5.41) is 3.19. The van der Waals surface area contributed by atoms with E-state index in [2.05, 4.69) is 28.9 Å². The molecule has 104 valence electrons. The van der Waals surface area contributed by atoms with Gasteiger partial charge in [0.15, 0.2) is 0 Å². The Balaban J connectivity index is 1.96. The molecule has 2 saturated heterocycles. The third-order valence-electron chi connectivity index (χ3n) is 4.17. The molecule has 0 aromatic heterocycles. The van der Waals surface area contributed by atoms with Crippen molar-refractivity contribution in [2.75, 3.05) is 31.6 Å². The highest BCUT2D eigenvalue weighted by atomic mass is 32.2. The summed E-state index contributed by atoms with van der Waals surface area (Å²) in [6, 6.07) is 0.0474. The second-order valence-electron chi connectivity index (χ2n) is 5.85. The van der Waals surface area contributed by atoms with E-state index in [0.717, 1.165) is 31.8 Å². The maximum atomic E-state index is 12.5. The zero-order valence-corrected chi connectivity index (χ0v) is 12.5. The van der Waals surface area contributed by atoms with Gasteiger partial charge in [-0.3, -0.25) is 4.79 Å². The predicted octanol–water partition coefficient (Wildman–Crippen LogP) is 1.98.